The first kappa shape index (κ1) is 15.5. The van der Waals surface area contributed by atoms with Crippen LogP contribution in [0, 0.1) is 12.8 Å². The molecule has 0 spiro atoms. The third-order valence-corrected chi connectivity index (χ3v) is 4.51. The van der Waals surface area contributed by atoms with Gasteiger partial charge in [0, 0.05) is 30.4 Å². The first-order chi connectivity index (χ1) is 12.2. The fourth-order valence-corrected chi connectivity index (χ4v) is 3.08. The van der Waals surface area contributed by atoms with Gasteiger partial charge in [0.1, 0.15) is 5.82 Å². The molecule has 1 aliphatic carbocycles. The van der Waals surface area contributed by atoms with E-state index in [2.05, 4.69) is 25.5 Å². The quantitative estimate of drug-likeness (QED) is 0.752. The SMILES string of the molecule is Cc1nc(-c2cccc(CNC(=O)[C@@H]3C[C@H]3c3ccncc3)c2)n[nH]1. The number of hydrogen-bond acceptors (Lipinski definition) is 4. The van der Waals surface area contributed by atoms with Crippen molar-refractivity contribution in [3.8, 4) is 11.4 Å². The number of aromatic amines is 1. The summed E-state index contributed by atoms with van der Waals surface area (Å²) in [6.07, 6.45) is 4.46. The molecule has 2 aromatic heterocycles. The van der Waals surface area contributed by atoms with Gasteiger partial charge in [0.25, 0.3) is 0 Å². The van der Waals surface area contributed by atoms with Gasteiger partial charge in [0.15, 0.2) is 5.82 Å². The zero-order valence-corrected chi connectivity index (χ0v) is 13.9. The van der Waals surface area contributed by atoms with Crippen molar-refractivity contribution in [1.29, 1.82) is 0 Å². The number of benzene rings is 1. The molecule has 0 radical (unpaired) electrons. The van der Waals surface area contributed by atoms with Gasteiger partial charge in [0.05, 0.1) is 0 Å². The molecule has 3 aromatic rings. The van der Waals surface area contributed by atoms with Crippen LogP contribution in [0.4, 0.5) is 0 Å². The Morgan fingerprint density at radius 1 is 1.28 bits per heavy atom. The number of amides is 1. The van der Waals surface area contributed by atoms with Gasteiger partial charge in [0.2, 0.25) is 5.91 Å². The van der Waals surface area contributed by atoms with Crippen molar-refractivity contribution in [2.45, 2.75) is 25.8 Å². The highest BCUT2D eigenvalue weighted by Gasteiger charge is 2.43. The summed E-state index contributed by atoms with van der Waals surface area (Å²) >= 11 is 0. The normalized spacial score (nSPS) is 18.8. The minimum absolute atomic E-state index is 0.0706. The molecule has 25 heavy (non-hydrogen) atoms. The molecule has 0 saturated heterocycles. The molecule has 1 amide bonds. The molecule has 0 bridgehead atoms. The third kappa shape index (κ3) is 3.42. The first-order valence-electron chi connectivity index (χ1n) is 8.36. The molecule has 1 fully saturated rings. The summed E-state index contributed by atoms with van der Waals surface area (Å²) in [4.78, 5) is 20.7. The fraction of sp³-hybridized carbons (Fsp3) is 0.263. The third-order valence-electron chi connectivity index (χ3n) is 4.51. The molecule has 0 unspecified atom stereocenters. The molecule has 2 heterocycles. The number of rotatable bonds is 5. The monoisotopic (exact) mass is 333 g/mol. The van der Waals surface area contributed by atoms with Gasteiger partial charge in [-0.2, -0.15) is 5.10 Å². The summed E-state index contributed by atoms with van der Waals surface area (Å²) in [7, 11) is 0. The van der Waals surface area contributed by atoms with E-state index in [9.17, 15) is 4.79 Å². The van der Waals surface area contributed by atoms with Crippen molar-refractivity contribution < 1.29 is 4.79 Å². The van der Waals surface area contributed by atoms with Crippen molar-refractivity contribution in [2.24, 2.45) is 5.92 Å². The summed E-state index contributed by atoms with van der Waals surface area (Å²) < 4.78 is 0. The van der Waals surface area contributed by atoms with E-state index >= 15 is 0 Å². The smallest absolute Gasteiger partial charge is 0.224 e. The highest BCUT2D eigenvalue weighted by Crippen LogP contribution is 2.47. The minimum Gasteiger partial charge on any atom is -0.352 e. The van der Waals surface area contributed by atoms with E-state index in [0.29, 0.717) is 18.3 Å². The number of aryl methyl sites for hydroxylation is 1. The van der Waals surface area contributed by atoms with E-state index in [1.807, 2.05) is 43.3 Å². The second-order valence-corrected chi connectivity index (χ2v) is 6.39. The highest BCUT2D eigenvalue weighted by atomic mass is 16.2. The second kappa shape index (κ2) is 6.47. The van der Waals surface area contributed by atoms with Crippen LogP contribution < -0.4 is 5.32 Å². The minimum atomic E-state index is 0.0706. The van der Waals surface area contributed by atoms with Gasteiger partial charge in [-0.3, -0.25) is 14.9 Å². The molecule has 126 valence electrons. The predicted octanol–water partition coefficient (Wildman–Crippen LogP) is 2.60. The fourth-order valence-electron chi connectivity index (χ4n) is 3.08. The van der Waals surface area contributed by atoms with Crippen LogP contribution in [0.3, 0.4) is 0 Å². The average molecular weight is 333 g/mol. The molecule has 1 saturated carbocycles. The molecule has 2 atom stereocenters. The zero-order valence-electron chi connectivity index (χ0n) is 13.9. The first-order valence-corrected chi connectivity index (χ1v) is 8.36. The van der Waals surface area contributed by atoms with Crippen LogP contribution >= 0.6 is 0 Å². The Kier molecular flexibility index (Phi) is 4.01. The lowest BCUT2D eigenvalue weighted by Crippen LogP contribution is -2.24. The van der Waals surface area contributed by atoms with Gasteiger partial charge in [-0.15, -0.1) is 0 Å². The van der Waals surface area contributed by atoms with E-state index < -0.39 is 0 Å². The van der Waals surface area contributed by atoms with Crippen molar-refractivity contribution in [3.05, 3.63) is 65.7 Å². The number of nitrogens with zero attached hydrogens (tertiary/aromatic N) is 3. The lowest BCUT2D eigenvalue weighted by molar-refractivity contribution is -0.122. The number of aromatic nitrogens is 4. The van der Waals surface area contributed by atoms with Crippen LogP contribution in [0.5, 0.6) is 0 Å². The standard InChI is InChI=1S/C19H19N5O/c1-12-22-18(24-23-12)15-4-2-3-13(9-15)11-21-19(25)17-10-16(17)14-5-7-20-8-6-14/h2-9,16-17H,10-11H2,1H3,(H,21,25)(H,22,23,24)/t16-,17+/m0/s1. The molecule has 6 nitrogen and oxygen atoms in total. The topological polar surface area (TPSA) is 83.6 Å². The average Bonchev–Trinajstić information content (AvgIpc) is 3.34. The molecular formula is C19H19N5O. The number of hydrogen-bond donors (Lipinski definition) is 2. The van der Waals surface area contributed by atoms with Gasteiger partial charge >= 0.3 is 0 Å². The number of nitrogens with one attached hydrogen (secondary N) is 2. The van der Waals surface area contributed by atoms with Gasteiger partial charge in [-0.05, 0) is 48.6 Å². The summed E-state index contributed by atoms with van der Waals surface area (Å²) in [5.74, 6) is 1.96. The van der Waals surface area contributed by atoms with Crippen LogP contribution in [0.1, 0.15) is 29.3 Å². The second-order valence-electron chi connectivity index (χ2n) is 6.39. The van der Waals surface area contributed by atoms with Gasteiger partial charge in [-0.25, -0.2) is 4.98 Å². The van der Waals surface area contributed by atoms with Crippen molar-refractivity contribution >= 4 is 5.91 Å². The molecule has 0 aliphatic heterocycles. The highest BCUT2D eigenvalue weighted by molar-refractivity contribution is 5.82. The van der Waals surface area contributed by atoms with Crippen LogP contribution in [0.15, 0.2) is 48.8 Å². The van der Waals surface area contributed by atoms with Gasteiger partial charge in [-0.1, -0.05) is 18.2 Å². The Hall–Kier alpha value is -3.02. The van der Waals surface area contributed by atoms with Crippen LogP contribution in [0.2, 0.25) is 0 Å². The summed E-state index contributed by atoms with van der Waals surface area (Å²) in [6.45, 7) is 2.38. The van der Waals surface area contributed by atoms with Crippen LogP contribution in [-0.4, -0.2) is 26.1 Å². The zero-order chi connectivity index (χ0) is 17.2. The molecule has 6 heteroatoms. The van der Waals surface area contributed by atoms with E-state index in [0.717, 1.165) is 23.4 Å². The lowest BCUT2D eigenvalue weighted by atomic mass is 10.1. The Labute approximate surface area is 145 Å². The number of H-pyrrole nitrogens is 1. The maximum atomic E-state index is 12.4. The summed E-state index contributed by atoms with van der Waals surface area (Å²) in [6, 6.07) is 11.9. The Morgan fingerprint density at radius 2 is 2.12 bits per heavy atom. The summed E-state index contributed by atoms with van der Waals surface area (Å²) in [5, 5.41) is 10.1. The summed E-state index contributed by atoms with van der Waals surface area (Å²) in [5.41, 5.74) is 3.17. The molecular weight excluding hydrogens is 314 g/mol. The van der Waals surface area contributed by atoms with E-state index in [1.54, 1.807) is 12.4 Å². The molecule has 1 aromatic carbocycles. The van der Waals surface area contributed by atoms with Crippen LogP contribution in [0.25, 0.3) is 11.4 Å². The number of pyridine rings is 1. The predicted molar refractivity (Wildman–Crippen MR) is 93.5 cm³/mol. The van der Waals surface area contributed by atoms with E-state index in [-0.39, 0.29) is 11.8 Å². The van der Waals surface area contributed by atoms with Crippen molar-refractivity contribution in [2.75, 3.05) is 0 Å². The molecule has 4 rings (SSSR count). The maximum Gasteiger partial charge on any atom is 0.224 e. The Morgan fingerprint density at radius 3 is 2.88 bits per heavy atom. The van der Waals surface area contributed by atoms with Crippen molar-refractivity contribution in [1.82, 2.24) is 25.5 Å². The number of carbonyl (C=O) groups is 1. The maximum absolute atomic E-state index is 12.4. The van der Waals surface area contributed by atoms with Crippen LogP contribution in [-0.2, 0) is 11.3 Å². The van der Waals surface area contributed by atoms with Crippen molar-refractivity contribution in [3.63, 3.8) is 0 Å². The van der Waals surface area contributed by atoms with Gasteiger partial charge < -0.3 is 5.32 Å². The molecule has 1 aliphatic rings. The lowest BCUT2D eigenvalue weighted by Gasteiger charge is -2.06. The Bertz CT molecular complexity index is 890. The number of carbonyl (C=O) groups excluding carboxylic acids is 1. The Balaban J connectivity index is 1.37. The molecule has 2 N–H and O–H groups in total. The largest absolute Gasteiger partial charge is 0.352 e. The van der Waals surface area contributed by atoms with E-state index in [4.69, 9.17) is 0 Å². The van der Waals surface area contributed by atoms with E-state index in [1.165, 1.54) is 5.56 Å².